The number of methoxy groups -OCH3 is 2. The molecule has 0 bridgehead atoms. The van der Waals surface area contributed by atoms with E-state index in [1.165, 1.54) is 26.6 Å². The summed E-state index contributed by atoms with van der Waals surface area (Å²) in [5, 5.41) is 8.81. The van der Waals surface area contributed by atoms with Gasteiger partial charge in [0.05, 0.1) is 32.0 Å². The van der Waals surface area contributed by atoms with Crippen molar-refractivity contribution in [2.24, 2.45) is 5.41 Å². The standard InChI is InChI=1S/C19H23N5O4.3ClH/c1-27-15-3-6-20-10-13(15)23-17(25)9-19(5-8-22-12-19)18(26)24-14-11-21-7-4-16(14)28-2;;;/h3-4,6-7,10-11,22H,5,8-9,12H2,1-2H3,(H,23,25)(H,24,26);3*1H. The molecule has 2 aromatic heterocycles. The second-order valence-corrected chi connectivity index (χ2v) is 6.54. The lowest BCUT2D eigenvalue weighted by atomic mass is 9.82. The molecule has 3 rings (SSSR count). The Morgan fingerprint density at radius 1 is 1.00 bits per heavy atom. The highest BCUT2D eigenvalue weighted by atomic mass is 35.5. The fraction of sp³-hybridized carbons (Fsp3) is 0.368. The van der Waals surface area contributed by atoms with Crippen LogP contribution in [-0.2, 0) is 9.59 Å². The average Bonchev–Trinajstić information content (AvgIpc) is 3.18. The van der Waals surface area contributed by atoms with Crippen LogP contribution in [0.25, 0.3) is 0 Å². The molecule has 1 aliphatic rings. The van der Waals surface area contributed by atoms with Crippen molar-refractivity contribution in [1.29, 1.82) is 0 Å². The summed E-state index contributed by atoms with van der Waals surface area (Å²) in [6.07, 6.45) is 6.75. The molecule has 0 saturated carbocycles. The average molecular weight is 495 g/mol. The minimum Gasteiger partial charge on any atom is -0.494 e. The van der Waals surface area contributed by atoms with Gasteiger partial charge in [-0.1, -0.05) is 0 Å². The molecule has 2 amide bonds. The van der Waals surface area contributed by atoms with Crippen molar-refractivity contribution in [1.82, 2.24) is 15.3 Å². The number of halogens is 3. The smallest absolute Gasteiger partial charge is 0.232 e. The Morgan fingerprint density at radius 2 is 1.55 bits per heavy atom. The molecular formula is C19H26Cl3N5O4. The van der Waals surface area contributed by atoms with Crippen LogP contribution in [0.15, 0.2) is 36.9 Å². The number of pyridine rings is 2. The molecule has 0 aromatic carbocycles. The first-order valence-corrected chi connectivity index (χ1v) is 8.86. The Labute approximate surface area is 199 Å². The normalized spacial score (nSPS) is 16.6. The Kier molecular flexibility index (Phi) is 12.2. The molecule has 1 aliphatic heterocycles. The van der Waals surface area contributed by atoms with Crippen molar-refractivity contribution in [2.75, 3.05) is 37.9 Å². The first-order chi connectivity index (χ1) is 13.6. The third-order valence-corrected chi connectivity index (χ3v) is 4.75. The molecule has 172 valence electrons. The van der Waals surface area contributed by atoms with E-state index >= 15 is 0 Å². The summed E-state index contributed by atoms with van der Waals surface area (Å²) in [6.45, 7) is 1.06. The molecule has 1 unspecified atom stereocenters. The summed E-state index contributed by atoms with van der Waals surface area (Å²) in [4.78, 5) is 33.8. The quantitative estimate of drug-likeness (QED) is 0.542. The highest BCUT2D eigenvalue weighted by Gasteiger charge is 2.43. The number of amides is 2. The lowest BCUT2D eigenvalue weighted by Crippen LogP contribution is -2.41. The number of nitrogens with one attached hydrogen (secondary N) is 3. The van der Waals surface area contributed by atoms with E-state index in [4.69, 9.17) is 9.47 Å². The van der Waals surface area contributed by atoms with Gasteiger partial charge in [-0.05, 0) is 13.0 Å². The summed E-state index contributed by atoms with van der Waals surface area (Å²) in [5.74, 6) is 0.473. The summed E-state index contributed by atoms with van der Waals surface area (Å²) in [7, 11) is 3.04. The molecule has 31 heavy (non-hydrogen) atoms. The number of carbonyl (C=O) groups is 2. The second-order valence-electron chi connectivity index (χ2n) is 6.54. The molecular weight excluding hydrogens is 469 g/mol. The number of aromatic nitrogens is 2. The van der Waals surface area contributed by atoms with Gasteiger partial charge >= 0.3 is 0 Å². The molecule has 12 heteroatoms. The van der Waals surface area contributed by atoms with Crippen LogP contribution in [0.1, 0.15) is 12.8 Å². The van der Waals surface area contributed by atoms with Gasteiger partial charge in [-0.25, -0.2) is 0 Å². The second kappa shape index (κ2) is 13.2. The zero-order valence-corrected chi connectivity index (χ0v) is 19.5. The van der Waals surface area contributed by atoms with Gasteiger partial charge in [0, 0.05) is 37.5 Å². The SMILES string of the molecule is COc1ccncc1NC(=O)CC1(C(=O)Nc2cnccc2OC)CCNC1.Cl.Cl.Cl. The number of carbonyl (C=O) groups excluding carboxylic acids is 2. The predicted molar refractivity (Wildman–Crippen MR) is 125 cm³/mol. The number of hydrogen-bond acceptors (Lipinski definition) is 7. The van der Waals surface area contributed by atoms with E-state index < -0.39 is 5.41 Å². The minimum absolute atomic E-state index is 0. The van der Waals surface area contributed by atoms with Crippen molar-refractivity contribution in [3.63, 3.8) is 0 Å². The van der Waals surface area contributed by atoms with Gasteiger partial charge in [0.15, 0.2) is 0 Å². The highest BCUT2D eigenvalue weighted by molar-refractivity contribution is 6.01. The first kappa shape index (κ1) is 28.7. The Balaban J connectivity index is 0.00000300. The van der Waals surface area contributed by atoms with Crippen LogP contribution in [0.2, 0.25) is 0 Å². The maximum absolute atomic E-state index is 13.1. The number of hydrogen-bond donors (Lipinski definition) is 3. The Bertz CT molecular complexity index is 866. The molecule has 3 heterocycles. The Hall–Kier alpha value is -2.33. The van der Waals surface area contributed by atoms with Crippen LogP contribution in [-0.4, -0.2) is 49.1 Å². The van der Waals surface area contributed by atoms with Crippen LogP contribution in [0.4, 0.5) is 11.4 Å². The van der Waals surface area contributed by atoms with Crippen molar-refractivity contribution < 1.29 is 19.1 Å². The molecule has 1 fully saturated rings. The number of anilines is 2. The number of rotatable bonds is 7. The van der Waals surface area contributed by atoms with E-state index in [2.05, 4.69) is 25.9 Å². The largest absolute Gasteiger partial charge is 0.494 e. The first-order valence-electron chi connectivity index (χ1n) is 8.86. The van der Waals surface area contributed by atoms with Gasteiger partial charge in [-0.15, -0.1) is 37.2 Å². The topological polar surface area (TPSA) is 114 Å². The van der Waals surface area contributed by atoms with E-state index in [-0.39, 0.29) is 55.5 Å². The van der Waals surface area contributed by atoms with E-state index in [0.717, 1.165) is 0 Å². The monoisotopic (exact) mass is 493 g/mol. The van der Waals surface area contributed by atoms with Gasteiger partial charge in [0.2, 0.25) is 11.8 Å². The van der Waals surface area contributed by atoms with Gasteiger partial charge in [0.1, 0.15) is 22.9 Å². The predicted octanol–water partition coefficient (Wildman–Crippen LogP) is 2.71. The third kappa shape index (κ3) is 6.83. The maximum atomic E-state index is 13.1. The lowest BCUT2D eigenvalue weighted by Gasteiger charge is -2.26. The van der Waals surface area contributed by atoms with Crippen molar-refractivity contribution >= 4 is 60.4 Å². The number of nitrogens with zero attached hydrogens (tertiary/aromatic N) is 2. The van der Waals surface area contributed by atoms with Crippen molar-refractivity contribution in [2.45, 2.75) is 12.8 Å². The van der Waals surface area contributed by atoms with Gasteiger partial charge in [-0.3, -0.25) is 19.6 Å². The van der Waals surface area contributed by atoms with Crippen LogP contribution >= 0.6 is 37.2 Å². The summed E-state index contributed by atoms with van der Waals surface area (Å²) >= 11 is 0. The minimum atomic E-state index is -0.875. The fourth-order valence-electron chi connectivity index (χ4n) is 3.23. The molecule has 9 nitrogen and oxygen atoms in total. The van der Waals surface area contributed by atoms with Crippen LogP contribution in [0.3, 0.4) is 0 Å². The zero-order chi connectivity index (χ0) is 20.0. The van der Waals surface area contributed by atoms with Crippen LogP contribution in [0, 0.1) is 5.41 Å². The van der Waals surface area contributed by atoms with Crippen LogP contribution in [0.5, 0.6) is 11.5 Å². The van der Waals surface area contributed by atoms with E-state index in [1.807, 2.05) is 0 Å². The van der Waals surface area contributed by atoms with E-state index in [1.54, 1.807) is 24.5 Å². The molecule has 3 N–H and O–H groups in total. The summed E-state index contributed by atoms with van der Waals surface area (Å²) in [6, 6.07) is 3.32. The van der Waals surface area contributed by atoms with Gasteiger partial charge in [-0.2, -0.15) is 0 Å². The number of ether oxygens (including phenoxy) is 2. The van der Waals surface area contributed by atoms with Gasteiger partial charge < -0.3 is 25.4 Å². The lowest BCUT2D eigenvalue weighted by molar-refractivity contribution is -0.129. The highest BCUT2D eigenvalue weighted by Crippen LogP contribution is 2.34. The Morgan fingerprint density at radius 3 is 2.03 bits per heavy atom. The molecule has 1 saturated heterocycles. The van der Waals surface area contributed by atoms with Crippen molar-refractivity contribution in [3.8, 4) is 11.5 Å². The molecule has 2 aromatic rings. The molecule has 0 radical (unpaired) electrons. The molecule has 0 spiro atoms. The van der Waals surface area contributed by atoms with E-state index in [0.29, 0.717) is 42.4 Å². The molecule has 0 aliphatic carbocycles. The fourth-order valence-corrected chi connectivity index (χ4v) is 3.23. The molecule has 1 atom stereocenters. The van der Waals surface area contributed by atoms with Crippen molar-refractivity contribution in [3.05, 3.63) is 36.9 Å². The zero-order valence-electron chi connectivity index (χ0n) is 17.0. The third-order valence-electron chi connectivity index (χ3n) is 4.75. The van der Waals surface area contributed by atoms with E-state index in [9.17, 15) is 9.59 Å². The summed E-state index contributed by atoms with van der Waals surface area (Å²) in [5.41, 5.74) is 0.0569. The van der Waals surface area contributed by atoms with Crippen LogP contribution < -0.4 is 25.4 Å². The maximum Gasteiger partial charge on any atom is 0.232 e. The summed E-state index contributed by atoms with van der Waals surface area (Å²) < 4.78 is 10.5. The van der Waals surface area contributed by atoms with Gasteiger partial charge in [0.25, 0.3) is 0 Å².